The van der Waals surface area contributed by atoms with E-state index in [9.17, 15) is 4.79 Å². The number of nitrogens with one attached hydrogen (secondary N) is 1. The van der Waals surface area contributed by atoms with Crippen LogP contribution < -0.4 is 5.32 Å². The van der Waals surface area contributed by atoms with Gasteiger partial charge < -0.3 is 14.8 Å². The lowest BCUT2D eigenvalue weighted by Gasteiger charge is -2.35. The number of carbonyl (C=O) groups excluding carboxylic acids is 1. The maximum absolute atomic E-state index is 12.1. The zero-order chi connectivity index (χ0) is 13.9. The first-order valence-electron chi connectivity index (χ1n) is 7.53. The van der Waals surface area contributed by atoms with Crippen LogP contribution in [0.5, 0.6) is 0 Å². The molecule has 2 saturated carbocycles. The Morgan fingerprint density at radius 2 is 1.95 bits per heavy atom. The molecule has 3 atom stereocenters. The first-order valence-corrected chi connectivity index (χ1v) is 7.53. The van der Waals surface area contributed by atoms with Crippen molar-refractivity contribution in [2.75, 3.05) is 20.8 Å². The zero-order valence-corrected chi connectivity index (χ0v) is 12.4. The summed E-state index contributed by atoms with van der Waals surface area (Å²) in [5.74, 6) is 0.782. The highest BCUT2D eigenvalue weighted by Crippen LogP contribution is 2.41. The molecular formula is C15H27NO3. The molecule has 19 heavy (non-hydrogen) atoms. The topological polar surface area (TPSA) is 47.6 Å². The summed E-state index contributed by atoms with van der Waals surface area (Å²) in [6.07, 6.45) is 7.36. The summed E-state index contributed by atoms with van der Waals surface area (Å²) in [4.78, 5) is 12.1. The Morgan fingerprint density at radius 3 is 2.47 bits per heavy atom. The van der Waals surface area contributed by atoms with Crippen molar-refractivity contribution >= 4 is 5.97 Å². The Balaban J connectivity index is 1.98. The van der Waals surface area contributed by atoms with Crippen LogP contribution in [0, 0.1) is 11.8 Å². The third-order valence-corrected chi connectivity index (χ3v) is 4.83. The number of carbonyl (C=O) groups is 1. The van der Waals surface area contributed by atoms with Crippen molar-refractivity contribution < 1.29 is 14.3 Å². The minimum Gasteiger partial charge on any atom is -0.468 e. The molecule has 4 heteroatoms. The van der Waals surface area contributed by atoms with Gasteiger partial charge in [-0.2, -0.15) is 0 Å². The second kappa shape index (κ2) is 6.23. The Labute approximate surface area is 116 Å². The number of ether oxygens (including phenoxy) is 2. The normalized spacial score (nSPS) is 30.7. The number of hydrogen-bond donors (Lipinski definition) is 1. The summed E-state index contributed by atoms with van der Waals surface area (Å²) in [6, 6.07) is 0. The molecule has 1 N–H and O–H groups in total. The summed E-state index contributed by atoms with van der Waals surface area (Å²) in [6.45, 7) is 2.69. The Morgan fingerprint density at radius 1 is 1.26 bits per heavy atom. The minimum atomic E-state index is -0.633. The number of rotatable bonds is 6. The monoisotopic (exact) mass is 269 g/mol. The van der Waals surface area contributed by atoms with Crippen LogP contribution in [0.15, 0.2) is 0 Å². The second-order valence-corrected chi connectivity index (χ2v) is 6.10. The lowest BCUT2D eigenvalue weighted by molar-refractivity contribution is -0.155. The van der Waals surface area contributed by atoms with E-state index in [4.69, 9.17) is 9.47 Å². The molecule has 110 valence electrons. The first kappa shape index (κ1) is 14.8. The largest absolute Gasteiger partial charge is 0.468 e. The van der Waals surface area contributed by atoms with Crippen LogP contribution in [0.4, 0.5) is 0 Å². The fraction of sp³-hybridized carbons (Fsp3) is 0.933. The quantitative estimate of drug-likeness (QED) is 0.750. The van der Waals surface area contributed by atoms with E-state index in [0.29, 0.717) is 24.5 Å². The molecule has 0 aromatic heterocycles. The zero-order valence-electron chi connectivity index (χ0n) is 12.4. The second-order valence-electron chi connectivity index (χ2n) is 6.10. The molecule has 0 saturated heterocycles. The van der Waals surface area contributed by atoms with Gasteiger partial charge in [-0.25, -0.2) is 4.79 Å². The highest BCUT2D eigenvalue weighted by atomic mass is 16.5. The fourth-order valence-electron chi connectivity index (χ4n) is 3.25. The van der Waals surface area contributed by atoms with E-state index in [-0.39, 0.29) is 5.97 Å². The molecule has 0 heterocycles. The minimum absolute atomic E-state index is 0.180. The fourth-order valence-corrected chi connectivity index (χ4v) is 3.25. The van der Waals surface area contributed by atoms with Gasteiger partial charge in [0, 0.05) is 0 Å². The van der Waals surface area contributed by atoms with E-state index in [1.54, 1.807) is 0 Å². The molecule has 3 unspecified atom stereocenters. The molecule has 0 spiro atoms. The Hall–Kier alpha value is -0.610. The Kier molecular flexibility index (Phi) is 4.85. The molecule has 0 bridgehead atoms. The van der Waals surface area contributed by atoms with Gasteiger partial charge in [0.2, 0.25) is 0 Å². The van der Waals surface area contributed by atoms with Crippen molar-refractivity contribution in [3.05, 3.63) is 0 Å². The van der Waals surface area contributed by atoms with Crippen molar-refractivity contribution in [1.29, 1.82) is 0 Å². The van der Waals surface area contributed by atoms with Crippen LogP contribution in [0.2, 0.25) is 0 Å². The highest BCUT2D eigenvalue weighted by molar-refractivity contribution is 5.82. The van der Waals surface area contributed by atoms with Crippen molar-refractivity contribution in [3.8, 4) is 0 Å². The maximum atomic E-state index is 12.1. The average Bonchev–Trinajstić information content (AvgIpc) is 3.26. The maximum Gasteiger partial charge on any atom is 0.328 e. The summed E-state index contributed by atoms with van der Waals surface area (Å²) in [7, 11) is 3.29. The highest BCUT2D eigenvalue weighted by Gasteiger charge is 2.51. The van der Waals surface area contributed by atoms with Gasteiger partial charge in [-0.05, 0) is 44.6 Å². The van der Waals surface area contributed by atoms with E-state index in [2.05, 4.69) is 12.2 Å². The van der Waals surface area contributed by atoms with E-state index in [1.807, 2.05) is 7.05 Å². The number of methoxy groups -OCH3 is 1. The van der Waals surface area contributed by atoms with E-state index < -0.39 is 5.54 Å². The summed E-state index contributed by atoms with van der Waals surface area (Å²) in [5, 5.41) is 3.18. The molecule has 2 rings (SSSR count). The predicted molar refractivity (Wildman–Crippen MR) is 73.9 cm³/mol. The van der Waals surface area contributed by atoms with Gasteiger partial charge in [0.05, 0.1) is 19.8 Å². The lowest BCUT2D eigenvalue weighted by atomic mass is 9.87. The molecular weight excluding hydrogens is 242 g/mol. The van der Waals surface area contributed by atoms with Crippen molar-refractivity contribution in [2.45, 2.75) is 57.1 Å². The van der Waals surface area contributed by atoms with Crippen molar-refractivity contribution in [3.63, 3.8) is 0 Å². The van der Waals surface area contributed by atoms with E-state index >= 15 is 0 Å². The van der Waals surface area contributed by atoms with Gasteiger partial charge >= 0.3 is 5.97 Å². The molecule has 2 aliphatic rings. The molecule has 0 aliphatic heterocycles. The number of esters is 1. The SMILES string of the molecule is CNC(COC1CCCCC1C)(C(=O)OC)C1CC1. The van der Waals surface area contributed by atoms with Crippen molar-refractivity contribution in [2.24, 2.45) is 11.8 Å². The van der Waals surface area contributed by atoms with Gasteiger partial charge in [0.1, 0.15) is 5.54 Å². The molecule has 0 aromatic carbocycles. The first-order chi connectivity index (χ1) is 9.14. The van der Waals surface area contributed by atoms with Crippen LogP contribution in [-0.2, 0) is 14.3 Å². The third kappa shape index (κ3) is 3.11. The van der Waals surface area contributed by atoms with Gasteiger partial charge in [0.25, 0.3) is 0 Å². The van der Waals surface area contributed by atoms with Crippen LogP contribution in [0.3, 0.4) is 0 Å². The average molecular weight is 269 g/mol. The van der Waals surface area contributed by atoms with Gasteiger partial charge in [-0.3, -0.25) is 0 Å². The molecule has 2 aliphatic carbocycles. The number of likely N-dealkylation sites (N-methyl/N-ethyl adjacent to an activating group) is 1. The molecule has 0 radical (unpaired) electrons. The van der Waals surface area contributed by atoms with Crippen LogP contribution in [0.25, 0.3) is 0 Å². The van der Waals surface area contributed by atoms with Gasteiger partial charge in [-0.15, -0.1) is 0 Å². The molecule has 0 aromatic rings. The summed E-state index contributed by atoms with van der Waals surface area (Å²) in [5.41, 5.74) is -0.633. The van der Waals surface area contributed by atoms with Crippen LogP contribution in [-0.4, -0.2) is 38.4 Å². The standard InChI is InChI=1S/C15H27NO3/c1-11-6-4-5-7-13(11)19-10-15(16-2,12-8-9-12)14(17)18-3/h11-13,16H,4-10H2,1-3H3. The lowest BCUT2D eigenvalue weighted by Crippen LogP contribution is -2.57. The van der Waals surface area contributed by atoms with E-state index in [0.717, 1.165) is 19.3 Å². The smallest absolute Gasteiger partial charge is 0.328 e. The van der Waals surface area contributed by atoms with Gasteiger partial charge in [-0.1, -0.05) is 19.8 Å². The molecule has 0 amide bonds. The summed E-state index contributed by atoms with van der Waals surface area (Å²) < 4.78 is 11.1. The van der Waals surface area contributed by atoms with Crippen molar-refractivity contribution in [1.82, 2.24) is 5.32 Å². The Bertz CT molecular complexity index is 317. The molecule has 2 fully saturated rings. The van der Waals surface area contributed by atoms with Gasteiger partial charge in [0.15, 0.2) is 0 Å². The number of hydrogen-bond acceptors (Lipinski definition) is 4. The molecule has 4 nitrogen and oxygen atoms in total. The van der Waals surface area contributed by atoms with Crippen LogP contribution in [0.1, 0.15) is 45.4 Å². The van der Waals surface area contributed by atoms with E-state index in [1.165, 1.54) is 26.4 Å². The summed E-state index contributed by atoms with van der Waals surface area (Å²) >= 11 is 0. The van der Waals surface area contributed by atoms with Crippen LogP contribution >= 0.6 is 0 Å². The third-order valence-electron chi connectivity index (χ3n) is 4.83. The predicted octanol–water partition coefficient (Wildman–Crippen LogP) is 2.12.